The number of hydrogen-bond acceptors (Lipinski definition) is 3. The first-order valence-electron chi connectivity index (χ1n) is 13.0. The number of benzene rings is 3. The van der Waals surface area contributed by atoms with E-state index in [4.69, 9.17) is 27.9 Å². The number of rotatable bonds is 12. The molecule has 0 aromatic heterocycles. The van der Waals surface area contributed by atoms with E-state index in [1.165, 1.54) is 5.56 Å². The Hall–Kier alpha value is -3.02. The lowest BCUT2D eigenvalue weighted by Crippen LogP contribution is -2.53. The van der Waals surface area contributed by atoms with Crippen LogP contribution in [0.3, 0.4) is 0 Å². The largest absolute Gasteiger partial charge is 0.484 e. The highest BCUT2D eigenvalue weighted by Gasteiger charge is 2.31. The quantitative estimate of drug-likeness (QED) is 0.261. The van der Waals surface area contributed by atoms with Gasteiger partial charge in [-0.1, -0.05) is 92.5 Å². The molecular weight excluding hydrogens is 519 g/mol. The van der Waals surface area contributed by atoms with Crippen LogP contribution in [-0.2, 0) is 22.6 Å². The van der Waals surface area contributed by atoms with Crippen LogP contribution in [0.15, 0.2) is 72.8 Å². The summed E-state index contributed by atoms with van der Waals surface area (Å²) in [4.78, 5) is 28.8. The van der Waals surface area contributed by atoms with Crippen LogP contribution in [0.1, 0.15) is 56.7 Å². The van der Waals surface area contributed by atoms with Crippen LogP contribution in [-0.4, -0.2) is 35.4 Å². The normalized spacial score (nSPS) is 12.6. The van der Waals surface area contributed by atoms with Gasteiger partial charge >= 0.3 is 0 Å². The molecule has 202 valence electrons. The van der Waals surface area contributed by atoms with Crippen molar-refractivity contribution >= 4 is 35.0 Å². The molecule has 0 unspecified atom stereocenters. The highest BCUT2D eigenvalue weighted by molar-refractivity contribution is 6.35. The number of nitrogens with one attached hydrogen (secondary N) is 1. The first-order chi connectivity index (χ1) is 18.2. The van der Waals surface area contributed by atoms with Crippen LogP contribution < -0.4 is 10.1 Å². The van der Waals surface area contributed by atoms with Gasteiger partial charge in [-0.25, -0.2) is 0 Å². The number of halogens is 2. The highest BCUT2D eigenvalue weighted by atomic mass is 35.5. The van der Waals surface area contributed by atoms with Crippen LogP contribution in [0, 0.1) is 0 Å². The van der Waals surface area contributed by atoms with Gasteiger partial charge in [-0.05, 0) is 60.2 Å². The predicted octanol–water partition coefficient (Wildman–Crippen LogP) is 7.05. The van der Waals surface area contributed by atoms with Crippen molar-refractivity contribution in [1.29, 1.82) is 0 Å². The first-order valence-corrected chi connectivity index (χ1v) is 13.7. The minimum absolute atomic E-state index is 0.0347. The maximum atomic E-state index is 13.7. The Morgan fingerprint density at radius 1 is 0.947 bits per heavy atom. The molecule has 0 spiro atoms. The standard InChI is InChI=1S/C31H36Cl2N2O3/c1-5-22(4)34-31(37)29(17-23-9-7-6-8-10-23)35(19-25-11-14-26(32)18-28(25)33)30(36)20-38-27-15-12-24(13-16-27)21(2)3/h6-16,18,21-22,29H,5,17,19-20H2,1-4H3,(H,34,37)/t22-,29+/m1/s1. The molecule has 3 rings (SSSR count). The van der Waals surface area contributed by atoms with Crippen LogP contribution in [0.5, 0.6) is 5.75 Å². The molecule has 0 saturated carbocycles. The van der Waals surface area contributed by atoms with Gasteiger partial charge in [-0.2, -0.15) is 0 Å². The van der Waals surface area contributed by atoms with E-state index in [1.807, 2.05) is 68.4 Å². The summed E-state index contributed by atoms with van der Waals surface area (Å²) in [5.41, 5.74) is 2.83. The number of carbonyl (C=O) groups is 2. The van der Waals surface area contributed by atoms with Crippen molar-refractivity contribution in [3.05, 3.63) is 99.5 Å². The highest BCUT2D eigenvalue weighted by Crippen LogP contribution is 2.25. The maximum absolute atomic E-state index is 13.7. The van der Waals surface area contributed by atoms with Crippen molar-refractivity contribution < 1.29 is 14.3 Å². The minimum Gasteiger partial charge on any atom is -0.484 e. The van der Waals surface area contributed by atoms with E-state index >= 15 is 0 Å². The van der Waals surface area contributed by atoms with E-state index in [2.05, 4.69) is 19.2 Å². The molecule has 0 aliphatic carbocycles. The number of carbonyl (C=O) groups excluding carboxylic acids is 2. The summed E-state index contributed by atoms with van der Waals surface area (Å²) >= 11 is 12.6. The lowest BCUT2D eigenvalue weighted by atomic mass is 10.0. The maximum Gasteiger partial charge on any atom is 0.261 e. The second-order valence-corrected chi connectivity index (χ2v) is 10.6. The predicted molar refractivity (Wildman–Crippen MR) is 155 cm³/mol. The van der Waals surface area contributed by atoms with Gasteiger partial charge in [0, 0.05) is 29.1 Å². The Balaban J connectivity index is 1.92. The molecule has 3 aromatic carbocycles. The van der Waals surface area contributed by atoms with E-state index in [0.29, 0.717) is 33.7 Å². The van der Waals surface area contributed by atoms with Crippen molar-refractivity contribution in [2.75, 3.05) is 6.61 Å². The first kappa shape index (κ1) is 29.5. The van der Waals surface area contributed by atoms with Crippen LogP contribution in [0.4, 0.5) is 0 Å². The summed E-state index contributed by atoms with van der Waals surface area (Å²) in [6.07, 6.45) is 1.12. The second kappa shape index (κ2) is 14.2. The topological polar surface area (TPSA) is 58.6 Å². The molecule has 1 N–H and O–H groups in total. The molecule has 0 aliphatic rings. The van der Waals surface area contributed by atoms with Gasteiger partial charge in [0.1, 0.15) is 11.8 Å². The molecule has 38 heavy (non-hydrogen) atoms. The van der Waals surface area contributed by atoms with Crippen LogP contribution in [0.2, 0.25) is 10.0 Å². The Kier molecular flexibility index (Phi) is 11.1. The second-order valence-electron chi connectivity index (χ2n) is 9.79. The number of nitrogens with zero attached hydrogens (tertiary/aromatic N) is 1. The van der Waals surface area contributed by atoms with Gasteiger partial charge < -0.3 is 15.0 Å². The minimum atomic E-state index is -0.766. The van der Waals surface area contributed by atoms with Crippen molar-refractivity contribution in [1.82, 2.24) is 10.2 Å². The van der Waals surface area contributed by atoms with Crippen LogP contribution in [0.25, 0.3) is 0 Å². The van der Waals surface area contributed by atoms with Gasteiger partial charge in [0.15, 0.2) is 6.61 Å². The van der Waals surface area contributed by atoms with Gasteiger partial charge in [0.05, 0.1) is 0 Å². The number of hydrogen-bond donors (Lipinski definition) is 1. The Labute approximate surface area is 236 Å². The summed E-state index contributed by atoms with van der Waals surface area (Å²) in [5.74, 6) is 0.455. The van der Waals surface area contributed by atoms with E-state index < -0.39 is 6.04 Å². The fourth-order valence-electron chi connectivity index (χ4n) is 4.01. The summed E-state index contributed by atoms with van der Waals surface area (Å²) in [7, 11) is 0. The molecule has 2 atom stereocenters. The molecule has 5 nitrogen and oxygen atoms in total. The lowest BCUT2D eigenvalue weighted by Gasteiger charge is -2.32. The fourth-order valence-corrected chi connectivity index (χ4v) is 4.47. The number of amides is 2. The van der Waals surface area contributed by atoms with Crippen molar-refractivity contribution in [2.45, 2.75) is 65.1 Å². The molecule has 0 radical (unpaired) electrons. The third-order valence-corrected chi connectivity index (χ3v) is 7.12. The molecule has 0 heterocycles. The third kappa shape index (κ3) is 8.50. The Morgan fingerprint density at radius 2 is 1.63 bits per heavy atom. The van der Waals surface area contributed by atoms with E-state index in [9.17, 15) is 9.59 Å². The molecule has 2 amide bonds. The molecule has 0 aliphatic heterocycles. The van der Waals surface area contributed by atoms with Gasteiger partial charge in [-0.3, -0.25) is 9.59 Å². The molecule has 0 saturated heterocycles. The molecule has 0 fully saturated rings. The Morgan fingerprint density at radius 3 is 2.24 bits per heavy atom. The van der Waals surface area contributed by atoms with Gasteiger partial charge in [0.25, 0.3) is 5.91 Å². The van der Waals surface area contributed by atoms with E-state index in [0.717, 1.165) is 12.0 Å². The van der Waals surface area contributed by atoms with Crippen molar-refractivity contribution in [2.24, 2.45) is 0 Å². The van der Waals surface area contributed by atoms with Crippen molar-refractivity contribution in [3.63, 3.8) is 0 Å². The monoisotopic (exact) mass is 554 g/mol. The lowest BCUT2D eigenvalue weighted by molar-refractivity contribution is -0.143. The molecule has 7 heteroatoms. The van der Waals surface area contributed by atoms with E-state index in [-0.39, 0.29) is 31.0 Å². The van der Waals surface area contributed by atoms with Crippen molar-refractivity contribution in [3.8, 4) is 5.75 Å². The fraction of sp³-hybridized carbons (Fsp3) is 0.355. The van der Waals surface area contributed by atoms with Crippen LogP contribution >= 0.6 is 23.2 Å². The average molecular weight is 556 g/mol. The molecule has 3 aromatic rings. The Bertz CT molecular complexity index is 1200. The SMILES string of the molecule is CC[C@@H](C)NC(=O)[C@H](Cc1ccccc1)N(Cc1ccc(Cl)cc1Cl)C(=O)COc1ccc(C(C)C)cc1. The number of ether oxygens (including phenoxy) is 1. The zero-order valence-corrected chi connectivity index (χ0v) is 23.9. The van der Waals surface area contributed by atoms with Gasteiger partial charge in [0.2, 0.25) is 5.91 Å². The van der Waals surface area contributed by atoms with E-state index in [1.54, 1.807) is 23.1 Å². The molecule has 0 bridgehead atoms. The zero-order chi connectivity index (χ0) is 27.7. The molecular formula is C31H36Cl2N2O3. The van der Waals surface area contributed by atoms with Gasteiger partial charge in [-0.15, -0.1) is 0 Å². The average Bonchev–Trinajstić information content (AvgIpc) is 2.91. The summed E-state index contributed by atoms with van der Waals surface area (Å²) < 4.78 is 5.88. The third-order valence-electron chi connectivity index (χ3n) is 6.54. The smallest absolute Gasteiger partial charge is 0.261 e. The summed E-state index contributed by atoms with van der Waals surface area (Å²) in [6, 6.07) is 21.7. The summed E-state index contributed by atoms with van der Waals surface area (Å²) in [5, 5.41) is 3.99. The zero-order valence-electron chi connectivity index (χ0n) is 22.4. The summed E-state index contributed by atoms with van der Waals surface area (Å²) in [6.45, 7) is 8.12.